The molecule has 0 atom stereocenters. The van der Waals surface area contributed by atoms with Gasteiger partial charge in [0.1, 0.15) is 0 Å². The second kappa shape index (κ2) is 35.8. The number of piperazine rings is 2. The zero-order chi connectivity index (χ0) is 54.7. The molecule has 22 nitrogen and oxygen atoms in total. The van der Waals surface area contributed by atoms with E-state index < -0.39 is 35.8 Å². The quantitative estimate of drug-likeness (QED) is 0.0292. The van der Waals surface area contributed by atoms with Crippen molar-refractivity contribution in [2.24, 2.45) is 0 Å². The number of carbonyl (C=O) groups is 6. The molecular formula is C52H68N8O14. The molecule has 2 aromatic carbocycles. The summed E-state index contributed by atoms with van der Waals surface area (Å²) >= 11 is 0. The molecule has 4 aromatic rings. The molecule has 0 aliphatic carbocycles. The SMILES string of the molecule is C=CCN1CCN(c2nc(OCCCCC)c3ccccc3n2)CC1.C=CCN1CCN(c2nc(OCCCCC)c3ccccc3n2)CC1.O=C(O)/C=C/C(=O)O.O=C(O)/C=C/C(=O)O.O=C(O)/C=C/C(=O)O. The Morgan fingerprint density at radius 1 is 0.473 bits per heavy atom. The van der Waals surface area contributed by atoms with Gasteiger partial charge >= 0.3 is 35.8 Å². The second-order valence-electron chi connectivity index (χ2n) is 16.0. The number of para-hydroxylation sites is 2. The number of hydrogen-bond donors (Lipinski definition) is 6. The summed E-state index contributed by atoms with van der Waals surface area (Å²) in [6.07, 6.45) is 14.1. The largest absolute Gasteiger partial charge is 0.478 e. The zero-order valence-electron chi connectivity index (χ0n) is 41.9. The van der Waals surface area contributed by atoms with E-state index in [0.717, 1.165) is 112 Å². The summed E-state index contributed by atoms with van der Waals surface area (Å²) in [7, 11) is 0. The third-order valence-corrected chi connectivity index (χ3v) is 10.3. The number of unbranched alkanes of at least 4 members (excludes halogenated alkanes) is 4. The summed E-state index contributed by atoms with van der Waals surface area (Å²) in [5.74, 6) is -4.56. The van der Waals surface area contributed by atoms with Crippen molar-refractivity contribution in [1.82, 2.24) is 29.7 Å². The van der Waals surface area contributed by atoms with Crippen molar-refractivity contribution in [2.45, 2.75) is 52.4 Å². The van der Waals surface area contributed by atoms with Gasteiger partial charge in [-0.3, -0.25) is 9.80 Å². The first-order valence-electron chi connectivity index (χ1n) is 23.9. The van der Waals surface area contributed by atoms with Gasteiger partial charge in [-0.05, 0) is 37.1 Å². The van der Waals surface area contributed by atoms with Crippen molar-refractivity contribution in [3.8, 4) is 11.8 Å². The van der Waals surface area contributed by atoms with E-state index in [9.17, 15) is 28.8 Å². The summed E-state index contributed by atoms with van der Waals surface area (Å²) in [6.45, 7) is 23.1. The first kappa shape index (κ1) is 61.9. The minimum Gasteiger partial charge on any atom is -0.478 e. The van der Waals surface area contributed by atoms with Crippen LogP contribution in [0, 0.1) is 0 Å². The Balaban J connectivity index is 0.000000355. The number of benzene rings is 2. The molecular weight excluding hydrogens is 961 g/mol. The average Bonchev–Trinajstić information content (AvgIpc) is 3.38. The molecule has 2 saturated heterocycles. The van der Waals surface area contributed by atoms with Crippen LogP contribution in [0.1, 0.15) is 52.4 Å². The Kier molecular flexibility index (Phi) is 29.9. The zero-order valence-corrected chi connectivity index (χ0v) is 41.9. The van der Waals surface area contributed by atoms with Crippen LogP contribution in [-0.2, 0) is 28.8 Å². The van der Waals surface area contributed by atoms with Gasteiger partial charge in [0.15, 0.2) is 0 Å². The molecule has 2 aromatic heterocycles. The van der Waals surface area contributed by atoms with E-state index >= 15 is 0 Å². The van der Waals surface area contributed by atoms with Crippen molar-refractivity contribution >= 4 is 69.5 Å². The van der Waals surface area contributed by atoms with E-state index in [4.69, 9.17) is 60.0 Å². The first-order chi connectivity index (χ1) is 35.5. The van der Waals surface area contributed by atoms with Gasteiger partial charge in [0.25, 0.3) is 0 Å². The molecule has 0 unspecified atom stereocenters. The fraction of sp³-hybridized carbons (Fsp3) is 0.385. The number of aromatic nitrogens is 4. The number of fused-ring (bicyclic) bond motifs is 2. The number of nitrogens with zero attached hydrogens (tertiary/aromatic N) is 8. The molecule has 2 aliphatic rings. The Hall–Kier alpha value is -8.24. The van der Waals surface area contributed by atoms with Crippen LogP contribution in [0.2, 0.25) is 0 Å². The van der Waals surface area contributed by atoms with Crippen LogP contribution in [0.5, 0.6) is 11.8 Å². The molecule has 4 heterocycles. The highest BCUT2D eigenvalue weighted by Gasteiger charge is 2.22. The monoisotopic (exact) mass is 1030 g/mol. The van der Waals surface area contributed by atoms with Crippen LogP contribution in [0.25, 0.3) is 21.8 Å². The molecule has 22 heteroatoms. The van der Waals surface area contributed by atoms with Gasteiger partial charge < -0.3 is 49.9 Å². The van der Waals surface area contributed by atoms with E-state index in [1.165, 1.54) is 25.7 Å². The topological polar surface area (TPSA) is 307 Å². The van der Waals surface area contributed by atoms with Crippen LogP contribution in [0.15, 0.2) is 110 Å². The summed E-state index contributed by atoms with van der Waals surface area (Å²) < 4.78 is 12.0. The normalized spacial score (nSPS) is 13.5. The van der Waals surface area contributed by atoms with Gasteiger partial charge in [-0.15, -0.1) is 13.2 Å². The van der Waals surface area contributed by atoms with E-state index in [-0.39, 0.29) is 0 Å². The summed E-state index contributed by atoms with van der Waals surface area (Å²) in [6, 6.07) is 16.2. The maximum absolute atomic E-state index is 9.55. The smallest absolute Gasteiger partial charge is 0.328 e. The second-order valence-corrected chi connectivity index (χ2v) is 16.0. The Bertz CT molecular complexity index is 2270. The Labute approximate surface area is 429 Å². The maximum atomic E-state index is 9.55. The molecule has 74 heavy (non-hydrogen) atoms. The third-order valence-electron chi connectivity index (χ3n) is 10.3. The van der Waals surface area contributed by atoms with Gasteiger partial charge in [-0.2, -0.15) is 9.97 Å². The van der Waals surface area contributed by atoms with E-state index in [1.807, 2.05) is 60.7 Å². The third kappa shape index (κ3) is 25.7. The van der Waals surface area contributed by atoms with Crippen molar-refractivity contribution in [1.29, 1.82) is 0 Å². The maximum Gasteiger partial charge on any atom is 0.328 e. The number of hydrogen-bond acceptors (Lipinski definition) is 16. The van der Waals surface area contributed by atoms with Crippen molar-refractivity contribution in [3.63, 3.8) is 0 Å². The lowest BCUT2D eigenvalue weighted by atomic mass is 10.2. The minimum atomic E-state index is -1.26. The molecule has 6 N–H and O–H groups in total. The number of aliphatic carboxylic acids is 6. The predicted molar refractivity (Wildman–Crippen MR) is 280 cm³/mol. The lowest BCUT2D eigenvalue weighted by Gasteiger charge is -2.34. The molecule has 0 spiro atoms. The minimum absolute atomic E-state index is 0.558. The average molecular weight is 1030 g/mol. The molecule has 6 rings (SSSR count). The number of anilines is 2. The fourth-order valence-corrected chi connectivity index (χ4v) is 6.67. The summed E-state index contributed by atoms with van der Waals surface area (Å²) in [5.41, 5.74) is 1.90. The number of ether oxygens (including phenoxy) is 2. The van der Waals surface area contributed by atoms with Gasteiger partial charge in [0.05, 0.1) is 35.0 Å². The highest BCUT2D eigenvalue weighted by molar-refractivity contribution is 5.91. The van der Waals surface area contributed by atoms with Gasteiger partial charge in [0.2, 0.25) is 23.7 Å². The van der Waals surface area contributed by atoms with Crippen molar-refractivity contribution < 1.29 is 68.9 Å². The Morgan fingerprint density at radius 3 is 1.04 bits per heavy atom. The molecule has 2 fully saturated rings. The van der Waals surface area contributed by atoms with E-state index in [2.05, 4.69) is 46.6 Å². The number of carboxylic acids is 6. The molecule has 0 saturated carbocycles. The summed E-state index contributed by atoms with van der Waals surface area (Å²) in [5, 5.41) is 48.9. The van der Waals surface area contributed by atoms with Crippen LogP contribution >= 0.6 is 0 Å². The molecule has 0 radical (unpaired) electrons. The molecule has 0 amide bonds. The van der Waals surface area contributed by atoms with Crippen molar-refractivity contribution in [2.75, 3.05) is 88.5 Å². The van der Waals surface area contributed by atoms with E-state index in [0.29, 0.717) is 61.4 Å². The van der Waals surface area contributed by atoms with Crippen LogP contribution in [-0.4, -0.2) is 175 Å². The molecule has 2 aliphatic heterocycles. The highest BCUT2D eigenvalue weighted by atomic mass is 16.5. The highest BCUT2D eigenvalue weighted by Crippen LogP contribution is 2.27. The van der Waals surface area contributed by atoms with Crippen LogP contribution in [0.4, 0.5) is 11.9 Å². The predicted octanol–water partition coefficient (Wildman–Crippen LogP) is 6.15. The molecule has 0 bridgehead atoms. The lowest BCUT2D eigenvalue weighted by molar-refractivity contribution is -0.134. The standard InChI is InChI=1S/2C20H28N4O.3C4H4O4/c2*1-3-5-8-16-25-19-17-9-6-7-10-18(17)21-20(22-19)24-14-12-23(11-4-2)13-15-24;3*5-3(6)1-2-4(7)8/h2*4,6-7,9-10H,2-3,5,8,11-16H2,1H3;3*1-2H,(H,5,6)(H,7,8)/b;;3*2-1+. The van der Waals surface area contributed by atoms with Gasteiger partial charge in [0, 0.05) is 102 Å². The summed E-state index contributed by atoms with van der Waals surface area (Å²) in [4.78, 5) is 85.7. The van der Waals surface area contributed by atoms with Gasteiger partial charge in [-0.25, -0.2) is 38.7 Å². The van der Waals surface area contributed by atoms with Gasteiger partial charge in [-0.1, -0.05) is 75.9 Å². The molecule has 400 valence electrons. The Morgan fingerprint density at radius 2 is 0.770 bits per heavy atom. The lowest BCUT2D eigenvalue weighted by Crippen LogP contribution is -2.46. The van der Waals surface area contributed by atoms with E-state index in [1.54, 1.807) is 0 Å². The van der Waals surface area contributed by atoms with Crippen molar-refractivity contribution in [3.05, 3.63) is 110 Å². The fourth-order valence-electron chi connectivity index (χ4n) is 6.67. The van der Waals surface area contributed by atoms with Crippen LogP contribution in [0.3, 0.4) is 0 Å². The van der Waals surface area contributed by atoms with Crippen LogP contribution < -0.4 is 19.3 Å². The number of rotatable bonds is 22. The first-order valence-corrected chi connectivity index (χ1v) is 23.9. The number of carboxylic acid groups (broad SMARTS) is 6.